The zero-order valence-corrected chi connectivity index (χ0v) is 8.04. The normalized spacial score (nSPS) is 14.9. The topological polar surface area (TPSA) is 63.3 Å². The summed E-state index contributed by atoms with van der Waals surface area (Å²) in [5, 5.41) is 8.82. The van der Waals surface area contributed by atoms with Gasteiger partial charge in [-0.1, -0.05) is 17.7 Å². The first-order valence-electron chi connectivity index (χ1n) is 4.14. The Morgan fingerprint density at radius 1 is 1.57 bits per heavy atom. The van der Waals surface area contributed by atoms with Crippen molar-refractivity contribution in [1.29, 1.82) is 0 Å². The van der Waals surface area contributed by atoms with E-state index in [0.717, 1.165) is 5.56 Å². The molecular formula is C10H12FNO2. The highest BCUT2D eigenvalue weighted by atomic mass is 19.1. The predicted octanol–water partition coefficient (Wildman–Crippen LogP) is 1.39. The lowest BCUT2D eigenvalue weighted by Crippen LogP contribution is -2.42. The highest BCUT2D eigenvalue weighted by Crippen LogP contribution is 2.22. The number of carboxylic acids is 1. The molecule has 0 amide bonds. The van der Waals surface area contributed by atoms with Crippen LogP contribution in [0.25, 0.3) is 0 Å². The number of carbonyl (C=O) groups is 1. The van der Waals surface area contributed by atoms with Gasteiger partial charge in [0, 0.05) is 5.56 Å². The highest BCUT2D eigenvalue weighted by molar-refractivity contribution is 5.80. The fourth-order valence-corrected chi connectivity index (χ4v) is 1.15. The van der Waals surface area contributed by atoms with E-state index in [1.165, 1.54) is 19.1 Å². The summed E-state index contributed by atoms with van der Waals surface area (Å²) in [6, 6.07) is 4.24. The van der Waals surface area contributed by atoms with Crippen molar-refractivity contribution in [3.8, 4) is 0 Å². The molecule has 0 radical (unpaired) electrons. The number of hydrogen-bond acceptors (Lipinski definition) is 2. The molecule has 1 aromatic rings. The smallest absolute Gasteiger partial charge is 0.328 e. The summed E-state index contributed by atoms with van der Waals surface area (Å²) in [4.78, 5) is 10.8. The second-order valence-corrected chi connectivity index (χ2v) is 3.49. The van der Waals surface area contributed by atoms with Gasteiger partial charge in [0.15, 0.2) is 0 Å². The van der Waals surface area contributed by atoms with Crippen LogP contribution in [-0.2, 0) is 10.3 Å². The molecule has 4 heteroatoms. The van der Waals surface area contributed by atoms with Gasteiger partial charge < -0.3 is 10.8 Å². The number of rotatable bonds is 2. The van der Waals surface area contributed by atoms with Crippen LogP contribution in [0.15, 0.2) is 18.2 Å². The first-order valence-corrected chi connectivity index (χ1v) is 4.14. The number of aryl methyl sites for hydroxylation is 1. The van der Waals surface area contributed by atoms with E-state index >= 15 is 0 Å². The van der Waals surface area contributed by atoms with Gasteiger partial charge in [0.25, 0.3) is 0 Å². The first-order chi connectivity index (χ1) is 6.35. The van der Waals surface area contributed by atoms with E-state index in [4.69, 9.17) is 10.8 Å². The van der Waals surface area contributed by atoms with Crippen LogP contribution in [0.3, 0.4) is 0 Å². The number of benzene rings is 1. The van der Waals surface area contributed by atoms with E-state index < -0.39 is 17.3 Å². The quantitative estimate of drug-likeness (QED) is 0.753. The van der Waals surface area contributed by atoms with Crippen molar-refractivity contribution in [3.63, 3.8) is 0 Å². The summed E-state index contributed by atoms with van der Waals surface area (Å²) in [7, 11) is 0. The van der Waals surface area contributed by atoms with Gasteiger partial charge in [-0.05, 0) is 19.9 Å². The summed E-state index contributed by atoms with van der Waals surface area (Å²) < 4.78 is 13.3. The molecule has 1 aromatic carbocycles. The first kappa shape index (κ1) is 10.7. The van der Waals surface area contributed by atoms with Crippen LogP contribution in [-0.4, -0.2) is 11.1 Å². The maximum absolute atomic E-state index is 13.3. The molecule has 1 atom stereocenters. The van der Waals surface area contributed by atoms with Crippen LogP contribution in [0.4, 0.5) is 4.39 Å². The van der Waals surface area contributed by atoms with E-state index in [2.05, 4.69) is 0 Å². The van der Waals surface area contributed by atoms with Crippen molar-refractivity contribution in [3.05, 3.63) is 35.1 Å². The van der Waals surface area contributed by atoms with Crippen LogP contribution in [0.2, 0.25) is 0 Å². The molecule has 0 aromatic heterocycles. The van der Waals surface area contributed by atoms with E-state index in [-0.39, 0.29) is 5.56 Å². The van der Waals surface area contributed by atoms with Gasteiger partial charge in [-0.25, -0.2) is 9.18 Å². The maximum atomic E-state index is 13.3. The zero-order valence-electron chi connectivity index (χ0n) is 8.04. The molecular weight excluding hydrogens is 185 g/mol. The van der Waals surface area contributed by atoms with Gasteiger partial charge >= 0.3 is 5.97 Å². The SMILES string of the molecule is Cc1ccc(F)c(C(C)(N)C(=O)O)c1. The van der Waals surface area contributed by atoms with Gasteiger partial charge in [-0.15, -0.1) is 0 Å². The summed E-state index contributed by atoms with van der Waals surface area (Å²) in [5.41, 5.74) is 4.61. The molecule has 3 nitrogen and oxygen atoms in total. The minimum absolute atomic E-state index is 0.00463. The lowest BCUT2D eigenvalue weighted by Gasteiger charge is -2.20. The second kappa shape index (κ2) is 3.38. The largest absolute Gasteiger partial charge is 0.480 e. The maximum Gasteiger partial charge on any atom is 0.328 e. The Balaban J connectivity index is 3.31. The van der Waals surface area contributed by atoms with E-state index in [1.54, 1.807) is 13.0 Å². The second-order valence-electron chi connectivity index (χ2n) is 3.49. The molecule has 76 valence electrons. The predicted molar refractivity (Wildman–Crippen MR) is 50.3 cm³/mol. The van der Waals surface area contributed by atoms with E-state index in [0.29, 0.717) is 0 Å². The molecule has 14 heavy (non-hydrogen) atoms. The Labute approximate surface area is 81.4 Å². The third kappa shape index (κ3) is 1.75. The number of carboxylic acid groups (broad SMARTS) is 1. The van der Waals surface area contributed by atoms with Crippen molar-refractivity contribution in [1.82, 2.24) is 0 Å². The van der Waals surface area contributed by atoms with Gasteiger partial charge in [-0.2, -0.15) is 0 Å². The Kier molecular flexibility index (Phi) is 2.57. The molecule has 1 unspecified atom stereocenters. The molecule has 0 heterocycles. The Hall–Kier alpha value is -1.42. The van der Waals surface area contributed by atoms with Crippen molar-refractivity contribution >= 4 is 5.97 Å². The Morgan fingerprint density at radius 3 is 2.64 bits per heavy atom. The van der Waals surface area contributed by atoms with Crippen molar-refractivity contribution in [2.45, 2.75) is 19.4 Å². The highest BCUT2D eigenvalue weighted by Gasteiger charge is 2.32. The number of hydrogen-bond donors (Lipinski definition) is 2. The summed E-state index contributed by atoms with van der Waals surface area (Å²) in [5.74, 6) is -1.84. The average Bonchev–Trinajstić information content (AvgIpc) is 2.08. The van der Waals surface area contributed by atoms with E-state index in [9.17, 15) is 9.18 Å². The number of nitrogens with two attached hydrogens (primary N) is 1. The zero-order chi connectivity index (χ0) is 10.9. The van der Waals surface area contributed by atoms with Gasteiger partial charge in [0.1, 0.15) is 11.4 Å². The average molecular weight is 197 g/mol. The van der Waals surface area contributed by atoms with Gasteiger partial charge in [0.2, 0.25) is 0 Å². The summed E-state index contributed by atoms with van der Waals surface area (Å²) in [6.45, 7) is 3.02. The molecule has 0 saturated carbocycles. The molecule has 1 rings (SSSR count). The van der Waals surface area contributed by atoms with Crippen LogP contribution in [0.1, 0.15) is 18.1 Å². The third-order valence-corrected chi connectivity index (χ3v) is 2.13. The van der Waals surface area contributed by atoms with Crippen LogP contribution < -0.4 is 5.73 Å². The van der Waals surface area contributed by atoms with Gasteiger partial charge in [-0.3, -0.25) is 0 Å². The molecule has 0 aliphatic heterocycles. The number of halogens is 1. The molecule has 0 saturated heterocycles. The summed E-state index contributed by atoms with van der Waals surface area (Å²) in [6.07, 6.45) is 0. The Bertz CT molecular complexity index is 374. The molecule has 3 N–H and O–H groups in total. The standard InChI is InChI=1S/C10H12FNO2/c1-6-3-4-8(11)7(5-6)10(2,12)9(13)14/h3-5H,12H2,1-2H3,(H,13,14). The molecule has 0 fully saturated rings. The fourth-order valence-electron chi connectivity index (χ4n) is 1.15. The lowest BCUT2D eigenvalue weighted by atomic mass is 9.92. The third-order valence-electron chi connectivity index (χ3n) is 2.13. The van der Waals surface area contributed by atoms with Crippen molar-refractivity contribution < 1.29 is 14.3 Å². The molecule has 0 bridgehead atoms. The van der Waals surface area contributed by atoms with Crippen LogP contribution >= 0.6 is 0 Å². The Morgan fingerprint density at radius 2 is 2.14 bits per heavy atom. The summed E-state index contributed by atoms with van der Waals surface area (Å²) >= 11 is 0. The molecule has 0 aliphatic carbocycles. The lowest BCUT2D eigenvalue weighted by molar-refractivity contribution is -0.143. The molecule has 0 aliphatic rings. The van der Waals surface area contributed by atoms with Gasteiger partial charge in [0.05, 0.1) is 0 Å². The minimum atomic E-state index is -1.68. The minimum Gasteiger partial charge on any atom is -0.480 e. The fraction of sp³-hybridized carbons (Fsp3) is 0.300. The monoisotopic (exact) mass is 197 g/mol. The van der Waals surface area contributed by atoms with Crippen molar-refractivity contribution in [2.75, 3.05) is 0 Å². The van der Waals surface area contributed by atoms with Crippen LogP contribution in [0.5, 0.6) is 0 Å². The number of aliphatic carboxylic acids is 1. The molecule has 0 spiro atoms. The van der Waals surface area contributed by atoms with Crippen LogP contribution in [0, 0.1) is 12.7 Å². The van der Waals surface area contributed by atoms with E-state index in [1.807, 2.05) is 0 Å². The van der Waals surface area contributed by atoms with Crippen molar-refractivity contribution in [2.24, 2.45) is 5.73 Å².